The number of hydrogen-bond acceptors (Lipinski definition) is 3. The molecular weight excluding hydrogens is 235 g/mol. The Balaban J connectivity index is 2.56. The largest absolute Gasteiger partial charge is 0.396 e. The summed E-state index contributed by atoms with van der Waals surface area (Å²) in [6, 6.07) is 5.55. The second kappa shape index (κ2) is 4.31. The molecule has 0 aliphatic heterocycles. The molecule has 2 aromatic rings. The van der Waals surface area contributed by atoms with Gasteiger partial charge in [0.15, 0.2) is 10.3 Å². The van der Waals surface area contributed by atoms with Gasteiger partial charge in [0, 0.05) is 6.61 Å². The highest BCUT2D eigenvalue weighted by atomic mass is 35.5. The maximum atomic E-state index is 8.81. The third kappa shape index (κ3) is 2.20. The van der Waals surface area contributed by atoms with Crippen molar-refractivity contribution in [1.82, 2.24) is 9.97 Å². The van der Waals surface area contributed by atoms with E-state index < -0.39 is 0 Å². The molecule has 0 unspecified atom stereocenters. The van der Waals surface area contributed by atoms with Crippen molar-refractivity contribution >= 4 is 34.2 Å². The van der Waals surface area contributed by atoms with Crippen LogP contribution >= 0.6 is 23.2 Å². The number of aliphatic hydroxyl groups is 1. The molecule has 2 rings (SSSR count). The van der Waals surface area contributed by atoms with Gasteiger partial charge in [-0.25, -0.2) is 9.97 Å². The minimum Gasteiger partial charge on any atom is -0.396 e. The molecule has 3 nitrogen and oxygen atoms in total. The van der Waals surface area contributed by atoms with E-state index >= 15 is 0 Å². The van der Waals surface area contributed by atoms with Gasteiger partial charge in [0.1, 0.15) is 0 Å². The van der Waals surface area contributed by atoms with Crippen LogP contribution in [-0.4, -0.2) is 21.7 Å². The van der Waals surface area contributed by atoms with Crippen molar-refractivity contribution < 1.29 is 5.11 Å². The summed E-state index contributed by atoms with van der Waals surface area (Å²) in [6.07, 6.45) is 0.595. The first-order valence-corrected chi connectivity index (χ1v) is 5.19. The summed E-state index contributed by atoms with van der Waals surface area (Å²) in [4.78, 5) is 8.19. The van der Waals surface area contributed by atoms with Crippen LogP contribution in [0.15, 0.2) is 18.2 Å². The van der Waals surface area contributed by atoms with Crippen molar-refractivity contribution in [1.29, 1.82) is 0 Å². The second-order valence-corrected chi connectivity index (χ2v) is 3.82. The summed E-state index contributed by atoms with van der Waals surface area (Å²) in [6.45, 7) is 0.111. The molecule has 0 saturated carbocycles. The van der Waals surface area contributed by atoms with Crippen LogP contribution in [0.25, 0.3) is 11.0 Å². The smallest absolute Gasteiger partial charge is 0.167 e. The van der Waals surface area contributed by atoms with Crippen molar-refractivity contribution in [2.45, 2.75) is 6.42 Å². The van der Waals surface area contributed by atoms with Crippen LogP contribution in [0.1, 0.15) is 5.56 Å². The highest BCUT2D eigenvalue weighted by Gasteiger charge is 2.04. The molecule has 0 saturated heterocycles. The number of nitrogens with zero attached hydrogens (tertiary/aromatic N) is 2. The van der Waals surface area contributed by atoms with Crippen LogP contribution in [0, 0.1) is 0 Å². The Morgan fingerprint density at radius 1 is 1.07 bits per heavy atom. The monoisotopic (exact) mass is 242 g/mol. The maximum Gasteiger partial charge on any atom is 0.167 e. The quantitative estimate of drug-likeness (QED) is 0.881. The molecule has 1 heterocycles. The van der Waals surface area contributed by atoms with E-state index in [0.717, 1.165) is 5.56 Å². The molecule has 0 bridgehead atoms. The van der Waals surface area contributed by atoms with Crippen LogP contribution in [0.3, 0.4) is 0 Å². The lowest BCUT2D eigenvalue weighted by Crippen LogP contribution is -1.92. The van der Waals surface area contributed by atoms with Gasteiger partial charge in [0.2, 0.25) is 0 Å². The molecule has 0 radical (unpaired) electrons. The molecule has 0 aliphatic rings. The summed E-state index contributed by atoms with van der Waals surface area (Å²) >= 11 is 11.5. The van der Waals surface area contributed by atoms with Crippen LogP contribution in [-0.2, 0) is 6.42 Å². The number of fused-ring (bicyclic) bond motifs is 1. The van der Waals surface area contributed by atoms with Gasteiger partial charge in [0.25, 0.3) is 0 Å². The normalized spacial score (nSPS) is 10.9. The van der Waals surface area contributed by atoms with Crippen LogP contribution < -0.4 is 0 Å². The van der Waals surface area contributed by atoms with Crippen molar-refractivity contribution in [3.63, 3.8) is 0 Å². The molecule has 0 aliphatic carbocycles. The third-order valence-corrected chi connectivity index (χ3v) is 2.67. The molecule has 1 N–H and O–H groups in total. The minimum atomic E-state index is 0.111. The predicted octanol–water partition coefficient (Wildman–Crippen LogP) is 2.47. The molecule has 0 fully saturated rings. The topological polar surface area (TPSA) is 46.0 Å². The fourth-order valence-corrected chi connectivity index (χ4v) is 1.61. The Labute approximate surface area is 96.7 Å². The van der Waals surface area contributed by atoms with Crippen LogP contribution in [0.2, 0.25) is 10.3 Å². The Hall–Kier alpha value is -0.900. The fourth-order valence-electron chi connectivity index (χ4n) is 1.34. The molecule has 0 spiro atoms. The zero-order valence-electron chi connectivity index (χ0n) is 7.74. The summed E-state index contributed by atoms with van der Waals surface area (Å²) < 4.78 is 0. The average molecular weight is 243 g/mol. The van der Waals surface area contributed by atoms with E-state index in [0.29, 0.717) is 17.5 Å². The van der Waals surface area contributed by atoms with E-state index in [1.165, 1.54) is 0 Å². The van der Waals surface area contributed by atoms with Crippen molar-refractivity contribution in [2.24, 2.45) is 0 Å². The number of aromatic nitrogens is 2. The zero-order valence-corrected chi connectivity index (χ0v) is 9.26. The highest BCUT2D eigenvalue weighted by molar-refractivity contribution is 6.40. The standard InChI is InChI=1S/C10H8Cl2N2O/c11-9-10(12)14-8-5-6(3-4-15)1-2-7(8)13-9/h1-2,5,15H,3-4H2. The van der Waals surface area contributed by atoms with Crippen molar-refractivity contribution in [3.05, 3.63) is 34.1 Å². The molecule has 0 amide bonds. The van der Waals surface area contributed by atoms with Gasteiger partial charge in [-0.3, -0.25) is 0 Å². The predicted molar refractivity (Wildman–Crippen MR) is 60.3 cm³/mol. The number of hydrogen-bond donors (Lipinski definition) is 1. The molecule has 78 valence electrons. The van der Waals surface area contributed by atoms with Gasteiger partial charge in [-0.05, 0) is 24.1 Å². The first kappa shape index (κ1) is 10.6. The van der Waals surface area contributed by atoms with E-state index in [4.69, 9.17) is 28.3 Å². The van der Waals surface area contributed by atoms with Crippen LogP contribution in [0.4, 0.5) is 0 Å². The highest BCUT2D eigenvalue weighted by Crippen LogP contribution is 2.21. The molecule has 1 aromatic carbocycles. The molecule has 0 atom stereocenters. The van der Waals surface area contributed by atoms with E-state index in [9.17, 15) is 0 Å². The van der Waals surface area contributed by atoms with E-state index in [2.05, 4.69) is 9.97 Å². The van der Waals surface area contributed by atoms with Gasteiger partial charge in [-0.2, -0.15) is 0 Å². The third-order valence-electron chi connectivity index (χ3n) is 2.05. The van der Waals surface area contributed by atoms with Crippen molar-refractivity contribution in [3.8, 4) is 0 Å². The van der Waals surface area contributed by atoms with Gasteiger partial charge >= 0.3 is 0 Å². The maximum absolute atomic E-state index is 8.81. The first-order chi connectivity index (χ1) is 7.20. The summed E-state index contributed by atoms with van der Waals surface area (Å²) in [5.74, 6) is 0. The van der Waals surface area contributed by atoms with Crippen LogP contribution in [0.5, 0.6) is 0 Å². The Morgan fingerprint density at radius 3 is 2.40 bits per heavy atom. The van der Waals surface area contributed by atoms with Crippen molar-refractivity contribution in [2.75, 3.05) is 6.61 Å². The number of rotatable bonds is 2. The minimum absolute atomic E-state index is 0.111. The number of halogens is 2. The van der Waals surface area contributed by atoms with E-state index in [1.807, 2.05) is 18.2 Å². The lowest BCUT2D eigenvalue weighted by Gasteiger charge is -2.02. The lowest BCUT2D eigenvalue weighted by atomic mass is 10.1. The lowest BCUT2D eigenvalue weighted by molar-refractivity contribution is 0.299. The van der Waals surface area contributed by atoms with Gasteiger partial charge in [-0.15, -0.1) is 0 Å². The molecule has 5 heteroatoms. The summed E-state index contributed by atoms with van der Waals surface area (Å²) in [7, 11) is 0. The zero-order chi connectivity index (χ0) is 10.8. The van der Waals surface area contributed by atoms with Gasteiger partial charge < -0.3 is 5.11 Å². The van der Waals surface area contributed by atoms with Gasteiger partial charge in [0.05, 0.1) is 11.0 Å². The number of aliphatic hydroxyl groups excluding tert-OH is 1. The SMILES string of the molecule is OCCc1ccc2nc(Cl)c(Cl)nc2c1. The van der Waals surface area contributed by atoms with E-state index in [-0.39, 0.29) is 16.9 Å². The van der Waals surface area contributed by atoms with E-state index in [1.54, 1.807) is 0 Å². The molecule has 15 heavy (non-hydrogen) atoms. The first-order valence-electron chi connectivity index (χ1n) is 4.43. The average Bonchev–Trinajstić information content (AvgIpc) is 2.21. The molecule has 1 aromatic heterocycles. The molecular formula is C10H8Cl2N2O. The summed E-state index contributed by atoms with van der Waals surface area (Å²) in [5, 5.41) is 9.21. The fraction of sp³-hybridized carbons (Fsp3) is 0.200. The Kier molecular flexibility index (Phi) is 3.05. The number of benzene rings is 1. The Morgan fingerprint density at radius 2 is 1.73 bits per heavy atom. The second-order valence-electron chi connectivity index (χ2n) is 3.10. The van der Waals surface area contributed by atoms with Gasteiger partial charge in [-0.1, -0.05) is 29.3 Å². The Bertz CT molecular complexity index is 502. The summed E-state index contributed by atoms with van der Waals surface area (Å²) in [5.41, 5.74) is 2.39.